The molecule has 1 nitrogen and oxygen atoms in total. The minimum absolute atomic E-state index is 0.260. The fourth-order valence-electron chi connectivity index (χ4n) is 1.42. The fraction of sp³-hybridized carbons (Fsp3) is 0. The number of phenols is 1. The van der Waals surface area contributed by atoms with Crippen LogP contribution in [-0.2, 0) is 0 Å². The molecule has 1 N–H and O–H groups in total. The summed E-state index contributed by atoms with van der Waals surface area (Å²) in [5.74, 6) is 0.260. The van der Waals surface area contributed by atoms with Gasteiger partial charge in [-0.3, -0.25) is 0 Å². The van der Waals surface area contributed by atoms with E-state index in [9.17, 15) is 5.11 Å². The molecule has 0 saturated carbocycles. The van der Waals surface area contributed by atoms with E-state index in [2.05, 4.69) is 31.9 Å². The molecule has 0 bridgehead atoms. The molecule has 0 heterocycles. The number of benzene rings is 2. The maximum absolute atomic E-state index is 9.95. The third-order valence-corrected chi connectivity index (χ3v) is 3.44. The minimum atomic E-state index is 0.260. The quantitative estimate of drug-likeness (QED) is 0.812. The first-order chi connectivity index (χ1) is 7.20. The van der Waals surface area contributed by atoms with Crippen molar-refractivity contribution in [3.8, 4) is 16.9 Å². The highest BCUT2D eigenvalue weighted by Crippen LogP contribution is 2.40. The van der Waals surface area contributed by atoms with Crippen LogP contribution in [0.15, 0.2) is 51.4 Å². The molecule has 0 unspecified atom stereocenters. The van der Waals surface area contributed by atoms with Gasteiger partial charge in [0.15, 0.2) is 0 Å². The van der Waals surface area contributed by atoms with Gasteiger partial charge in [-0.2, -0.15) is 0 Å². The van der Waals surface area contributed by atoms with Crippen molar-refractivity contribution in [1.29, 1.82) is 0 Å². The predicted octanol–water partition coefficient (Wildman–Crippen LogP) is 4.58. The van der Waals surface area contributed by atoms with Crippen LogP contribution in [0.25, 0.3) is 11.1 Å². The molecule has 0 spiro atoms. The summed E-state index contributed by atoms with van der Waals surface area (Å²) in [6.07, 6.45) is 0. The van der Waals surface area contributed by atoms with E-state index in [1.807, 2.05) is 42.5 Å². The average molecular weight is 328 g/mol. The Hall–Kier alpha value is -0.800. The molecule has 0 fully saturated rings. The lowest BCUT2D eigenvalue weighted by atomic mass is 10.1. The smallest absolute Gasteiger partial charge is 0.138 e. The molecular weight excluding hydrogens is 320 g/mol. The second kappa shape index (κ2) is 4.37. The molecular formula is C12H8Br2O. The number of hydrogen-bond donors (Lipinski definition) is 1. The molecule has 0 aliphatic heterocycles. The van der Waals surface area contributed by atoms with E-state index in [4.69, 9.17) is 0 Å². The molecule has 2 aromatic rings. The van der Waals surface area contributed by atoms with Gasteiger partial charge in [-0.25, -0.2) is 0 Å². The van der Waals surface area contributed by atoms with Crippen LogP contribution in [0.2, 0.25) is 0 Å². The van der Waals surface area contributed by atoms with Crippen molar-refractivity contribution in [3.63, 3.8) is 0 Å². The summed E-state index contributed by atoms with van der Waals surface area (Å²) in [6, 6.07) is 13.5. The summed E-state index contributed by atoms with van der Waals surface area (Å²) >= 11 is 6.74. The van der Waals surface area contributed by atoms with Crippen LogP contribution in [0.1, 0.15) is 0 Å². The van der Waals surface area contributed by atoms with Gasteiger partial charge in [0.2, 0.25) is 0 Å². The van der Waals surface area contributed by atoms with Gasteiger partial charge < -0.3 is 5.11 Å². The Kier molecular flexibility index (Phi) is 3.12. The van der Waals surface area contributed by atoms with E-state index in [-0.39, 0.29) is 5.75 Å². The SMILES string of the molecule is Oc1c(Br)ccc(Br)c1-c1ccccc1. The predicted molar refractivity (Wildman–Crippen MR) is 68.9 cm³/mol. The minimum Gasteiger partial charge on any atom is -0.506 e. The molecule has 0 atom stereocenters. The number of hydrogen-bond acceptors (Lipinski definition) is 1. The highest BCUT2D eigenvalue weighted by molar-refractivity contribution is 9.11. The molecule has 3 heteroatoms. The summed E-state index contributed by atoms with van der Waals surface area (Å²) in [5, 5.41) is 9.95. The number of halogens is 2. The Morgan fingerprint density at radius 1 is 0.800 bits per heavy atom. The lowest BCUT2D eigenvalue weighted by Gasteiger charge is -2.08. The van der Waals surface area contributed by atoms with Gasteiger partial charge in [-0.15, -0.1) is 0 Å². The average Bonchev–Trinajstić information content (AvgIpc) is 2.26. The zero-order valence-electron chi connectivity index (χ0n) is 7.74. The van der Waals surface area contributed by atoms with E-state index in [0.29, 0.717) is 4.47 Å². The molecule has 76 valence electrons. The maximum atomic E-state index is 9.95. The summed E-state index contributed by atoms with van der Waals surface area (Å²) < 4.78 is 1.58. The zero-order valence-corrected chi connectivity index (χ0v) is 10.9. The first kappa shape index (κ1) is 10.7. The van der Waals surface area contributed by atoms with Crippen molar-refractivity contribution < 1.29 is 5.11 Å². The Morgan fingerprint density at radius 3 is 2.07 bits per heavy atom. The molecule has 0 aromatic heterocycles. The Balaban J connectivity index is 2.68. The monoisotopic (exact) mass is 326 g/mol. The number of aromatic hydroxyl groups is 1. The van der Waals surface area contributed by atoms with E-state index < -0.39 is 0 Å². The largest absolute Gasteiger partial charge is 0.506 e. The molecule has 0 aliphatic rings. The molecule has 0 aliphatic carbocycles. The highest BCUT2D eigenvalue weighted by Gasteiger charge is 2.10. The zero-order chi connectivity index (χ0) is 10.8. The van der Waals surface area contributed by atoms with Gasteiger partial charge in [0.1, 0.15) is 5.75 Å². The Labute approximate surface area is 105 Å². The fourth-order valence-corrected chi connectivity index (χ4v) is 2.30. The second-order valence-corrected chi connectivity index (χ2v) is 4.83. The second-order valence-electron chi connectivity index (χ2n) is 3.12. The Bertz CT molecular complexity index is 480. The molecule has 0 amide bonds. The maximum Gasteiger partial charge on any atom is 0.138 e. The summed E-state index contributed by atoms with van der Waals surface area (Å²) in [4.78, 5) is 0. The summed E-state index contributed by atoms with van der Waals surface area (Å²) in [5.41, 5.74) is 1.80. The van der Waals surface area contributed by atoms with Crippen LogP contribution in [0.5, 0.6) is 5.75 Å². The molecule has 2 rings (SSSR count). The van der Waals surface area contributed by atoms with Crippen LogP contribution >= 0.6 is 31.9 Å². The molecule has 2 aromatic carbocycles. The van der Waals surface area contributed by atoms with Gasteiger partial charge >= 0.3 is 0 Å². The topological polar surface area (TPSA) is 20.2 Å². The van der Waals surface area contributed by atoms with Gasteiger partial charge in [-0.05, 0) is 33.6 Å². The normalized spacial score (nSPS) is 10.3. The molecule has 0 saturated heterocycles. The van der Waals surface area contributed by atoms with E-state index >= 15 is 0 Å². The third-order valence-electron chi connectivity index (χ3n) is 2.14. The standard InChI is InChI=1S/C12H8Br2O/c13-9-6-7-10(14)12(15)11(9)8-4-2-1-3-5-8/h1-7,15H. The van der Waals surface area contributed by atoms with Crippen LogP contribution < -0.4 is 0 Å². The highest BCUT2D eigenvalue weighted by atomic mass is 79.9. The van der Waals surface area contributed by atoms with Crippen LogP contribution in [0.4, 0.5) is 0 Å². The van der Waals surface area contributed by atoms with Gasteiger partial charge in [0.05, 0.1) is 4.47 Å². The number of phenolic OH excluding ortho intramolecular Hbond substituents is 1. The van der Waals surface area contributed by atoms with Crippen molar-refractivity contribution >= 4 is 31.9 Å². The molecule has 0 radical (unpaired) electrons. The third kappa shape index (κ3) is 2.08. The van der Waals surface area contributed by atoms with Crippen molar-refractivity contribution in [1.82, 2.24) is 0 Å². The van der Waals surface area contributed by atoms with Crippen LogP contribution in [-0.4, -0.2) is 5.11 Å². The molecule has 15 heavy (non-hydrogen) atoms. The van der Waals surface area contributed by atoms with Gasteiger partial charge in [-0.1, -0.05) is 46.3 Å². The van der Waals surface area contributed by atoms with Gasteiger partial charge in [0, 0.05) is 10.0 Å². The number of rotatable bonds is 1. The van der Waals surface area contributed by atoms with E-state index in [0.717, 1.165) is 15.6 Å². The lowest BCUT2D eigenvalue weighted by Crippen LogP contribution is -1.82. The summed E-state index contributed by atoms with van der Waals surface area (Å²) in [6.45, 7) is 0. The first-order valence-corrected chi connectivity index (χ1v) is 6.01. The van der Waals surface area contributed by atoms with E-state index in [1.165, 1.54) is 0 Å². The van der Waals surface area contributed by atoms with Gasteiger partial charge in [0.25, 0.3) is 0 Å². The van der Waals surface area contributed by atoms with Crippen LogP contribution in [0, 0.1) is 0 Å². The summed E-state index contributed by atoms with van der Waals surface area (Å²) in [7, 11) is 0. The van der Waals surface area contributed by atoms with Crippen molar-refractivity contribution in [2.75, 3.05) is 0 Å². The Morgan fingerprint density at radius 2 is 1.40 bits per heavy atom. The van der Waals surface area contributed by atoms with Crippen LogP contribution in [0.3, 0.4) is 0 Å². The van der Waals surface area contributed by atoms with Crippen molar-refractivity contribution in [2.45, 2.75) is 0 Å². The van der Waals surface area contributed by atoms with E-state index in [1.54, 1.807) is 0 Å². The lowest BCUT2D eigenvalue weighted by molar-refractivity contribution is 0.473. The van der Waals surface area contributed by atoms with Crippen molar-refractivity contribution in [3.05, 3.63) is 51.4 Å². The van der Waals surface area contributed by atoms with Crippen molar-refractivity contribution in [2.24, 2.45) is 0 Å². The first-order valence-electron chi connectivity index (χ1n) is 4.42.